The molecule has 1 fully saturated rings. The van der Waals surface area contributed by atoms with Crippen LogP contribution in [0.3, 0.4) is 0 Å². The first kappa shape index (κ1) is 15.2. The van der Waals surface area contributed by atoms with Gasteiger partial charge in [-0.15, -0.1) is 0 Å². The molecule has 0 bridgehead atoms. The van der Waals surface area contributed by atoms with Gasteiger partial charge in [-0.1, -0.05) is 18.2 Å². The van der Waals surface area contributed by atoms with Crippen LogP contribution in [-0.2, 0) is 14.3 Å². The molecule has 1 unspecified atom stereocenters. The molecule has 1 atom stereocenters. The van der Waals surface area contributed by atoms with Crippen LogP contribution in [-0.4, -0.2) is 33.8 Å². The minimum absolute atomic E-state index is 0.0134. The summed E-state index contributed by atoms with van der Waals surface area (Å²) in [6, 6.07) is 8.43. The molecule has 2 amide bonds. The normalized spacial score (nSPS) is 21.7. The molecular formula is C16H19NO4. The van der Waals surface area contributed by atoms with Crippen molar-refractivity contribution >= 4 is 17.8 Å². The van der Waals surface area contributed by atoms with Crippen LogP contribution in [0, 0.1) is 0 Å². The Bertz CT molecular complexity index is 588. The highest BCUT2D eigenvalue weighted by atomic mass is 16.6. The molecule has 1 aromatic rings. The molecule has 5 heteroatoms. The number of amides is 2. The first-order chi connectivity index (χ1) is 9.65. The van der Waals surface area contributed by atoms with E-state index in [0.717, 1.165) is 4.90 Å². The van der Waals surface area contributed by atoms with E-state index >= 15 is 0 Å². The van der Waals surface area contributed by atoms with Crippen molar-refractivity contribution in [2.75, 3.05) is 0 Å². The summed E-state index contributed by atoms with van der Waals surface area (Å²) in [5.41, 5.74) is -1.52. The van der Waals surface area contributed by atoms with Gasteiger partial charge in [0.2, 0.25) is 5.91 Å². The van der Waals surface area contributed by atoms with Crippen molar-refractivity contribution in [1.29, 1.82) is 0 Å². The molecule has 0 spiro atoms. The summed E-state index contributed by atoms with van der Waals surface area (Å²) < 4.78 is 5.32. The predicted molar refractivity (Wildman–Crippen MR) is 76.5 cm³/mol. The number of β-lactam (4-membered cyclic amide) rings is 1. The number of rotatable bonds is 2. The molecule has 1 heterocycles. The van der Waals surface area contributed by atoms with Crippen LogP contribution >= 0.6 is 0 Å². The van der Waals surface area contributed by atoms with Crippen molar-refractivity contribution in [3.63, 3.8) is 0 Å². The predicted octanol–water partition coefficient (Wildman–Crippen LogP) is 2.16. The molecule has 21 heavy (non-hydrogen) atoms. The zero-order chi connectivity index (χ0) is 15.8. The van der Waals surface area contributed by atoms with Gasteiger partial charge in [0.05, 0.1) is 6.42 Å². The van der Waals surface area contributed by atoms with Crippen molar-refractivity contribution in [3.05, 3.63) is 35.9 Å². The van der Waals surface area contributed by atoms with E-state index in [1.54, 1.807) is 58.0 Å². The molecule has 0 saturated carbocycles. The van der Waals surface area contributed by atoms with Gasteiger partial charge in [-0.05, 0) is 39.8 Å². The Balaban J connectivity index is 2.24. The molecular weight excluding hydrogens is 270 g/mol. The van der Waals surface area contributed by atoms with Gasteiger partial charge < -0.3 is 4.74 Å². The summed E-state index contributed by atoms with van der Waals surface area (Å²) >= 11 is 0. The molecule has 0 aliphatic carbocycles. The van der Waals surface area contributed by atoms with Crippen LogP contribution in [0.25, 0.3) is 0 Å². The number of hydrogen-bond donors (Lipinski definition) is 0. The summed E-state index contributed by atoms with van der Waals surface area (Å²) in [5, 5.41) is 0. The van der Waals surface area contributed by atoms with Crippen molar-refractivity contribution in [3.8, 4) is 0 Å². The van der Waals surface area contributed by atoms with E-state index in [4.69, 9.17) is 4.74 Å². The van der Waals surface area contributed by atoms with Crippen molar-refractivity contribution in [2.24, 2.45) is 0 Å². The maximum absolute atomic E-state index is 12.4. The van der Waals surface area contributed by atoms with E-state index in [2.05, 4.69) is 0 Å². The smallest absolute Gasteiger partial charge is 0.333 e. The van der Waals surface area contributed by atoms with Crippen molar-refractivity contribution in [2.45, 2.75) is 45.3 Å². The highest BCUT2D eigenvalue weighted by Gasteiger charge is 2.57. The van der Waals surface area contributed by atoms with Gasteiger partial charge in [-0.2, -0.15) is 0 Å². The zero-order valence-corrected chi connectivity index (χ0v) is 12.7. The number of likely N-dealkylation sites (tertiary alicyclic amines) is 1. The summed E-state index contributed by atoms with van der Waals surface area (Å²) in [6.07, 6.45) is -0.0134. The van der Waals surface area contributed by atoms with E-state index in [9.17, 15) is 14.4 Å². The summed E-state index contributed by atoms with van der Waals surface area (Å²) in [5.74, 6) is -1.39. The molecule has 2 rings (SSSR count). The lowest BCUT2D eigenvalue weighted by molar-refractivity contribution is -0.181. The van der Waals surface area contributed by atoms with Gasteiger partial charge >= 0.3 is 5.97 Å². The molecule has 0 radical (unpaired) electrons. The second kappa shape index (κ2) is 4.98. The Morgan fingerprint density at radius 3 is 2.24 bits per heavy atom. The van der Waals surface area contributed by atoms with Crippen LogP contribution < -0.4 is 0 Å². The van der Waals surface area contributed by atoms with E-state index in [1.165, 1.54) is 0 Å². The van der Waals surface area contributed by atoms with Gasteiger partial charge in [0.15, 0.2) is 5.54 Å². The summed E-state index contributed by atoms with van der Waals surface area (Å²) in [4.78, 5) is 37.5. The highest BCUT2D eigenvalue weighted by molar-refractivity contribution is 6.14. The summed E-state index contributed by atoms with van der Waals surface area (Å²) in [6.45, 7) is 6.80. The van der Waals surface area contributed by atoms with Gasteiger partial charge in [-0.3, -0.25) is 14.5 Å². The maximum atomic E-state index is 12.4. The fourth-order valence-corrected chi connectivity index (χ4v) is 2.24. The first-order valence-corrected chi connectivity index (χ1v) is 6.81. The Labute approximate surface area is 123 Å². The lowest BCUT2D eigenvalue weighted by Crippen LogP contribution is -2.68. The highest BCUT2D eigenvalue weighted by Crippen LogP contribution is 2.35. The van der Waals surface area contributed by atoms with E-state index in [0.29, 0.717) is 5.56 Å². The van der Waals surface area contributed by atoms with Crippen LogP contribution in [0.2, 0.25) is 0 Å². The second-order valence-corrected chi connectivity index (χ2v) is 6.35. The van der Waals surface area contributed by atoms with Gasteiger partial charge in [0.1, 0.15) is 5.60 Å². The fraction of sp³-hybridized carbons (Fsp3) is 0.438. The molecule has 0 N–H and O–H groups in total. The third-order valence-electron chi connectivity index (χ3n) is 3.30. The average Bonchev–Trinajstić information content (AvgIpc) is 2.37. The monoisotopic (exact) mass is 289 g/mol. The third-order valence-corrected chi connectivity index (χ3v) is 3.30. The third kappa shape index (κ3) is 2.82. The van der Waals surface area contributed by atoms with Gasteiger partial charge in [-0.25, -0.2) is 4.79 Å². The number of nitrogens with zero attached hydrogens (tertiary/aromatic N) is 1. The number of esters is 1. The average molecular weight is 289 g/mol. The lowest BCUT2D eigenvalue weighted by Gasteiger charge is -2.46. The number of imide groups is 1. The maximum Gasteiger partial charge on any atom is 0.333 e. The molecule has 112 valence electrons. The standard InChI is InChI=1S/C16H19NO4/c1-15(2,3)21-14(20)16(4)10-12(18)17(16)13(19)11-8-6-5-7-9-11/h5-9H,10H2,1-4H3. The number of carbonyl (C=O) groups is 3. The number of carbonyl (C=O) groups excluding carboxylic acids is 3. The molecule has 1 saturated heterocycles. The summed E-state index contributed by atoms with van der Waals surface area (Å²) in [7, 11) is 0. The second-order valence-electron chi connectivity index (χ2n) is 6.35. The van der Waals surface area contributed by atoms with E-state index < -0.39 is 23.0 Å². The zero-order valence-electron chi connectivity index (χ0n) is 12.7. The largest absolute Gasteiger partial charge is 0.458 e. The Morgan fingerprint density at radius 2 is 1.76 bits per heavy atom. The SMILES string of the molecule is CC(C)(C)OC(=O)C1(C)CC(=O)N1C(=O)c1ccccc1. The van der Waals surface area contributed by atoms with E-state index in [-0.39, 0.29) is 12.3 Å². The van der Waals surface area contributed by atoms with Crippen LogP contribution in [0.15, 0.2) is 30.3 Å². The molecule has 1 aliphatic rings. The van der Waals surface area contributed by atoms with Crippen molar-refractivity contribution in [1.82, 2.24) is 4.90 Å². The lowest BCUT2D eigenvalue weighted by atomic mass is 9.84. The van der Waals surface area contributed by atoms with Crippen LogP contribution in [0.5, 0.6) is 0 Å². The van der Waals surface area contributed by atoms with Crippen LogP contribution in [0.1, 0.15) is 44.5 Å². The number of ether oxygens (including phenoxy) is 1. The van der Waals surface area contributed by atoms with E-state index in [1.807, 2.05) is 0 Å². The number of hydrogen-bond acceptors (Lipinski definition) is 4. The molecule has 5 nitrogen and oxygen atoms in total. The topological polar surface area (TPSA) is 63.7 Å². The van der Waals surface area contributed by atoms with Crippen LogP contribution in [0.4, 0.5) is 0 Å². The Hall–Kier alpha value is -2.17. The first-order valence-electron chi connectivity index (χ1n) is 6.81. The quantitative estimate of drug-likeness (QED) is 0.475. The molecule has 0 aromatic heterocycles. The minimum atomic E-state index is -1.22. The molecule has 1 aromatic carbocycles. The molecule has 1 aliphatic heterocycles. The Morgan fingerprint density at radius 1 is 1.19 bits per heavy atom. The van der Waals surface area contributed by atoms with Gasteiger partial charge in [0.25, 0.3) is 5.91 Å². The van der Waals surface area contributed by atoms with Gasteiger partial charge in [0, 0.05) is 5.56 Å². The fourth-order valence-electron chi connectivity index (χ4n) is 2.24. The minimum Gasteiger partial charge on any atom is -0.458 e. The Kier molecular flexibility index (Phi) is 3.61. The van der Waals surface area contributed by atoms with Crippen molar-refractivity contribution < 1.29 is 19.1 Å². The number of benzene rings is 1.